The number of nitrogens with two attached hydrogens (primary N) is 1. The normalized spacial score (nSPS) is 11.3. The summed E-state index contributed by atoms with van der Waals surface area (Å²) in [6.07, 6.45) is 0. The second-order valence-corrected chi connectivity index (χ2v) is 2.26. The molecule has 1 aromatic carbocycles. The van der Waals surface area contributed by atoms with Crippen LogP contribution in [0.25, 0.3) is 0 Å². The van der Waals surface area contributed by atoms with Crippen molar-refractivity contribution in [2.75, 3.05) is 6.54 Å². The third-order valence-corrected chi connectivity index (χ3v) is 1.43. The molecule has 0 aliphatic heterocycles. The summed E-state index contributed by atoms with van der Waals surface area (Å²) in [6.45, 7) is 2.60. The predicted octanol–water partition coefficient (Wildman–Crippen LogP) is 1.34. The van der Waals surface area contributed by atoms with Gasteiger partial charge in [-0.05, 0) is 19.1 Å². The van der Waals surface area contributed by atoms with Crippen molar-refractivity contribution in [2.24, 2.45) is 10.9 Å². The first kappa shape index (κ1) is 8.74. The fraction of sp³-hybridized carbons (Fsp3) is 0.222. The summed E-state index contributed by atoms with van der Waals surface area (Å²) in [5, 5.41) is 0. The van der Waals surface area contributed by atoms with E-state index in [1.165, 1.54) is 0 Å². The first-order chi connectivity index (χ1) is 5.88. The average Bonchev–Trinajstić information content (AvgIpc) is 2.15. The minimum atomic E-state index is 0.484. The SMILES string of the molecule is CCN=C(ON)c1ccccc1. The van der Waals surface area contributed by atoms with Gasteiger partial charge in [-0.25, -0.2) is 4.99 Å². The lowest BCUT2D eigenvalue weighted by atomic mass is 10.2. The zero-order valence-corrected chi connectivity index (χ0v) is 7.03. The van der Waals surface area contributed by atoms with E-state index in [0.717, 1.165) is 5.56 Å². The van der Waals surface area contributed by atoms with Crippen LogP contribution in [0.2, 0.25) is 0 Å². The third-order valence-electron chi connectivity index (χ3n) is 1.43. The molecule has 0 aliphatic carbocycles. The van der Waals surface area contributed by atoms with Gasteiger partial charge in [0.2, 0.25) is 5.90 Å². The third kappa shape index (κ3) is 2.07. The highest BCUT2D eigenvalue weighted by Gasteiger charge is 2.00. The van der Waals surface area contributed by atoms with E-state index in [0.29, 0.717) is 12.4 Å². The molecule has 0 bridgehead atoms. The van der Waals surface area contributed by atoms with Gasteiger partial charge in [0, 0.05) is 12.1 Å². The van der Waals surface area contributed by atoms with E-state index in [2.05, 4.69) is 9.83 Å². The molecule has 0 amide bonds. The van der Waals surface area contributed by atoms with Gasteiger partial charge in [-0.15, -0.1) is 0 Å². The monoisotopic (exact) mass is 164 g/mol. The molecule has 0 saturated heterocycles. The van der Waals surface area contributed by atoms with Crippen LogP contribution in [0.5, 0.6) is 0 Å². The van der Waals surface area contributed by atoms with E-state index in [1.807, 2.05) is 37.3 Å². The van der Waals surface area contributed by atoms with E-state index in [9.17, 15) is 0 Å². The first-order valence-corrected chi connectivity index (χ1v) is 3.85. The number of nitrogens with zero attached hydrogens (tertiary/aromatic N) is 1. The second kappa shape index (κ2) is 4.51. The summed E-state index contributed by atoms with van der Waals surface area (Å²) < 4.78 is 0. The molecular weight excluding hydrogens is 152 g/mol. The predicted molar refractivity (Wildman–Crippen MR) is 48.8 cm³/mol. The Morgan fingerprint density at radius 3 is 2.58 bits per heavy atom. The zero-order chi connectivity index (χ0) is 8.81. The summed E-state index contributed by atoms with van der Waals surface area (Å²) in [5.41, 5.74) is 0.904. The molecule has 0 saturated carbocycles. The van der Waals surface area contributed by atoms with Gasteiger partial charge in [0.15, 0.2) is 0 Å². The summed E-state index contributed by atoms with van der Waals surface area (Å²) in [4.78, 5) is 8.71. The van der Waals surface area contributed by atoms with Crippen LogP contribution in [0.1, 0.15) is 12.5 Å². The standard InChI is InChI=1S/C9H12N2O/c1-2-11-9(12-10)8-6-4-3-5-7-8/h3-7H,2,10H2,1H3. The summed E-state index contributed by atoms with van der Waals surface area (Å²) >= 11 is 0. The molecule has 2 N–H and O–H groups in total. The number of rotatable bonds is 2. The Bertz CT molecular complexity index is 256. The minimum Gasteiger partial charge on any atom is -0.391 e. The van der Waals surface area contributed by atoms with Crippen molar-refractivity contribution in [3.63, 3.8) is 0 Å². The molecule has 0 unspecified atom stereocenters. The zero-order valence-electron chi connectivity index (χ0n) is 7.03. The van der Waals surface area contributed by atoms with Gasteiger partial charge in [-0.2, -0.15) is 5.90 Å². The fourth-order valence-electron chi connectivity index (χ4n) is 0.921. The summed E-state index contributed by atoms with van der Waals surface area (Å²) in [6, 6.07) is 9.57. The second-order valence-electron chi connectivity index (χ2n) is 2.26. The number of aliphatic imine (C=N–C) groups is 1. The molecule has 3 nitrogen and oxygen atoms in total. The molecule has 0 radical (unpaired) electrons. The number of benzene rings is 1. The van der Waals surface area contributed by atoms with Crippen molar-refractivity contribution < 1.29 is 4.84 Å². The molecule has 0 aliphatic rings. The van der Waals surface area contributed by atoms with Crippen molar-refractivity contribution in [1.82, 2.24) is 0 Å². The lowest BCUT2D eigenvalue weighted by molar-refractivity contribution is 0.321. The summed E-state index contributed by atoms with van der Waals surface area (Å²) in [5.74, 6) is 5.54. The van der Waals surface area contributed by atoms with Gasteiger partial charge in [-0.3, -0.25) is 0 Å². The van der Waals surface area contributed by atoms with Gasteiger partial charge >= 0.3 is 0 Å². The maximum Gasteiger partial charge on any atom is 0.240 e. The largest absolute Gasteiger partial charge is 0.391 e. The molecule has 1 aromatic rings. The average molecular weight is 164 g/mol. The number of hydrogen-bond acceptors (Lipinski definition) is 3. The maximum atomic E-state index is 5.06. The van der Waals surface area contributed by atoms with Crippen molar-refractivity contribution in [3.05, 3.63) is 35.9 Å². The van der Waals surface area contributed by atoms with Crippen LogP contribution in [-0.4, -0.2) is 12.4 Å². The Kier molecular flexibility index (Phi) is 3.29. The first-order valence-electron chi connectivity index (χ1n) is 3.85. The molecule has 12 heavy (non-hydrogen) atoms. The molecule has 0 fully saturated rings. The van der Waals surface area contributed by atoms with E-state index in [4.69, 9.17) is 5.90 Å². The lowest BCUT2D eigenvalue weighted by Gasteiger charge is -2.01. The molecule has 3 heteroatoms. The quantitative estimate of drug-likeness (QED) is 0.407. The Morgan fingerprint density at radius 1 is 1.42 bits per heavy atom. The van der Waals surface area contributed by atoms with Crippen molar-refractivity contribution in [1.29, 1.82) is 0 Å². The fourth-order valence-corrected chi connectivity index (χ4v) is 0.921. The summed E-state index contributed by atoms with van der Waals surface area (Å²) in [7, 11) is 0. The molecule has 0 heterocycles. The van der Waals surface area contributed by atoms with Gasteiger partial charge in [0.05, 0.1) is 0 Å². The van der Waals surface area contributed by atoms with Crippen molar-refractivity contribution >= 4 is 5.90 Å². The highest BCUT2D eigenvalue weighted by Crippen LogP contribution is 2.00. The van der Waals surface area contributed by atoms with Crippen LogP contribution < -0.4 is 5.90 Å². The van der Waals surface area contributed by atoms with Crippen LogP contribution in [0, 0.1) is 0 Å². The smallest absolute Gasteiger partial charge is 0.240 e. The molecule has 0 spiro atoms. The highest BCUT2D eigenvalue weighted by atomic mass is 16.6. The molecule has 1 rings (SSSR count). The van der Waals surface area contributed by atoms with Crippen LogP contribution in [0.3, 0.4) is 0 Å². The highest BCUT2D eigenvalue weighted by molar-refractivity contribution is 5.93. The van der Waals surface area contributed by atoms with Crippen molar-refractivity contribution in [2.45, 2.75) is 6.92 Å². The Balaban J connectivity index is 2.88. The Labute approximate surface area is 71.8 Å². The van der Waals surface area contributed by atoms with Gasteiger partial charge in [-0.1, -0.05) is 18.2 Å². The minimum absolute atomic E-state index is 0.484. The Morgan fingerprint density at radius 2 is 2.08 bits per heavy atom. The molecule has 0 atom stereocenters. The van der Waals surface area contributed by atoms with Gasteiger partial charge in [0.1, 0.15) is 0 Å². The maximum absolute atomic E-state index is 5.06. The molecular formula is C9H12N2O. The van der Waals surface area contributed by atoms with Gasteiger partial charge < -0.3 is 4.84 Å². The van der Waals surface area contributed by atoms with Crippen molar-refractivity contribution in [3.8, 4) is 0 Å². The Hall–Kier alpha value is -1.35. The number of hydrogen-bond donors (Lipinski definition) is 1. The molecule has 0 aromatic heterocycles. The molecule has 64 valence electrons. The topological polar surface area (TPSA) is 47.6 Å². The van der Waals surface area contributed by atoms with Crippen LogP contribution >= 0.6 is 0 Å². The van der Waals surface area contributed by atoms with Crippen LogP contribution in [0.15, 0.2) is 35.3 Å². The van der Waals surface area contributed by atoms with Gasteiger partial charge in [0.25, 0.3) is 0 Å². The van der Waals surface area contributed by atoms with Crippen LogP contribution in [-0.2, 0) is 4.84 Å². The van der Waals surface area contributed by atoms with E-state index in [-0.39, 0.29) is 0 Å². The van der Waals surface area contributed by atoms with E-state index in [1.54, 1.807) is 0 Å². The van der Waals surface area contributed by atoms with E-state index >= 15 is 0 Å². The van der Waals surface area contributed by atoms with E-state index < -0.39 is 0 Å². The van der Waals surface area contributed by atoms with Crippen LogP contribution in [0.4, 0.5) is 0 Å². The lowest BCUT2D eigenvalue weighted by Crippen LogP contribution is -2.11.